The van der Waals surface area contributed by atoms with Gasteiger partial charge < -0.3 is 20.3 Å². The number of aliphatic carboxylic acids is 1. The molecule has 1 amide bonds. The summed E-state index contributed by atoms with van der Waals surface area (Å²) in [6, 6.07) is 19.6. The Labute approximate surface area is 216 Å². The van der Waals surface area contributed by atoms with E-state index in [0.717, 1.165) is 43.2 Å². The fourth-order valence-corrected chi connectivity index (χ4v) is 4.74. The van der Waals surface area contributed by atoms with Crippen LogP contribution in [0.4, 0.5) is 4.79 Å². The van der Waals surface area contributed by atoms with Crippen molar-refractivity contribution in [1.29, 1.82) is 0 Å². The Bertz CT molecular complexity index is 873. The molecule has 0 radical (unpaired) electrons. The number of carbonyl (C=O) groups is 2. The Kier molecular flexibility index (Phi) is 13.7. The predicted molar refractivity (Wildman–Crippen MR) is 142 cm³/mol. The van der Waals surface area contributed by atoms with Crippen LogP contribution in [0.5, 0.6) is 0 Å². The van der Waals surface area contributed by atoms with Crippen molar-refractivity contribution >= 4 is 12.1 Å². The van der Waals surface area contributed by atoms with E-state index in [0.29, 0.717) is 18.4 Å². The second-order valence-electron chi connectivity index (χ2n) is 10.1. The van der Waals surface area contributed by atoms with E-state index >= 15 is 0 Å². The number of carbonyl (C=O) groups excluding carboxylic acids is 1. The van der Waals surface area contributed by atoms with Crippen LogP contribution >= 0.6 is 0 Å². The molecule has 0 bridgehead atoms. The molecule has 2 fully saturated rings. The van der Waals surface area contributed by atoms with Gasteiger partial charge in [-0.25, -0.2) is 4.79 Å². The zero-order chi connectivity index (χ0) is 26.2. The van der Waals surface area contributed by atoms with Crippen LogP contribution in [0.2, 0.25) is 0 Å². The van der Waals surface area contributed by atoms with Crippen molar-refractivity contribution in [3.63, 3.8) is 0 Å². The lowest BCUT2D eigenvalue weighted by Crippen LogP contribution is -2.38. The number of aliphatic hydroxyl groups excluding tert-OH is 1. The monoisotopic (exact) mass is 497 g/mol. The number of carboxylic acid groups (broad SMARTS) is 1. The highest BCUT2D eigenvalue weighted by molar-refractivity contribution is 5.70. The van der Waals surface area contributed by atoms with Gasteiger partial charge in [0, 0.05) is 6.04 Å². The lowest BCUT2D eigenvalue weighted by molar-refractivity contribution is -0.143. The van der Waals surface area contributed by atoms with Gasteiger partial charge in [-0.05, 0) is 48.6 Å². The number of nitrogens with one attached hydrogen (secondary N) is 1. The Balaban J connectivity index is 0.000000213. The van der Waals surface area contributed by atoms with Gasteiger partial charge in [0.25, 0.3) is 0 Å². The van der Waals surface area contributed by atoms with Gasteiger partial charge in [-0.2, -0.15) is 0 Å². The molecule has 0 spiro atoms. The largest absolute Gasteiger partial charge is 0.481 e. The molecule has 2 aliphatic carbocycles. The summed E-state index contributed by atoms with van der Waals surface area (Å²) in [7, 11) is 0. The number of benzene rings is 2. The molecule has 2 aromatic rings. The van der Waals surface area contributed by atoms with Gasteiger partial charge in [-0.1, -0.05) is 100 Å². The molecular formula is C30H43NO5. The van der Waals surface area contributed by atoms with Crippen LogP contribution in [0.1, 0.15) is 76.3 Å². The van der Waals surface area contributed by atoms with Crippen LogP contribution in [-0.4, -0.2) is 28.3 Å². The molecule has 0 saturated heterocycles. The zero-order valence-electron chi connectivity index (χ0n) is 21.8. The molecule has 6 heteroatoms. The van der Waals surface area contributed by atoms with Crippen LogP contribution in [0, 0.1) is 17.8 Å². The van der Waals surface area contributed by atoms with E-state index in [-0.39, 0.29) is 24.7 Å². The van der Waals surface area contributed by atoms with Gasteiger partial charge in [0.05, 0.1) is 12.5 Å². The van der Waals surface area contributed by atoms with E-state index in [1.54, 1.807) is 0 Å². The molecule has 2 saturated carbocycles. The van der Waals surface area contributed by atoms with Gasteiger partial charge in [-0.3, -0.25) is 4.79 Å². The van der Waals surface area contributed by atoms with Crippen LogP contribution in [-0.2, 0) is 22.7 Å². The van der Waals surface area contributed by atoms with Crippen molar-refractivity contribution in [3.8, 4) is 0 Å². The number of hydrogen-bond donors (Lipinski definition) is 3. The summed E-state index contributed by atoms with van der Waals surface area (Å²) in [6.07, 6.45) is 8.41. The smallest absolute Gasteiger partial charge is 0.407 e. The lowest BCUT2D eigenvalue weighted by Gasteiger charge is -2.27. The number of rotatable bonds is 5. The third-order valence-corrected chi connectivity index (χ3v) is 6.78. The van der Waals surface area contributed by atoms with Crippen LogP contribution < -0.4 is 5.32 Å². The van der Waals surface area contributed by atoms with Crippen molar-refractivity contribution in [2.75, 3.05) is 0 Å². The first-order valence-corrected chi connectivity index (χ1v) is 13.2. The van der Waals surface area contributed by atoms with Crippen LogP contribution in [0.15, 0.2) is 60.7 Å². The normalized spacial score (nSPS) is 23.1. The van der Waals surface area contributed by atoms with Crippen molar-refractivity contribution in [3.05, 3.63) is 71.8 Å². The Hall–Kier alpha value is -2.86. The van der Waals surface area contributed by atoms with E-state index in [9.17, 15) is 9.59 Å². The molecule has 0 unspecified atom stereocenters. The standard InChI is InChI=1S/C15H21NO2.C8H14O2.C7H8O/c1-12-6-5-9-14(10-12)16-15(17)18-11-13-7-3-2-4-8-13;1-6-3-2-4-7(5-6)8(9)10;8-6-7-4-2-1-3-5-7/h2-4,7-8,12,14H,5-6,9-11H2,1H3,(H,16,17);6-7H,2-5H2,1H3,(H,9,10);1-5,8H,6H2/t12-,14+;6-,7+;/m11./s1. The summed E-state index contributed by atoms with van der Waals surface area (Å²) in [5.41, 5.74) is 1.98. The highest BCUT2D eigenvalue weighted by Crippen LogP contribution is 2.28. The maximum absolute atomic E-state index is 11.7. The summed E-state index contributed by atoms with van der Waals surface area (Å²) in [4.78, 5) is 22.2. The summed E-state index contributed by atoms with van der Waals surface area (Å²) in [6.45, 7) is 4.86. The summed E-state index contributed by atoms with van der Waals surface area (Å²) in [5, 5.41) is 20.2. The van der Waals surface area contributed by atoms with Gasteiger partial charge in [0.1, 0.15) is 6.61 Å². The highest BCUT2D eigenvalue weighted by atomic mass is 16.5. The van der Waals surface area contributed by atoms with Crippen molar-refractivity contribution in [2.24, 2.45) is 17.8 Å². The molecular weight excluding hydrogens is 454 g/mol. The fraction of sp³-hybridized carbons (Fsp3) is 0.533. The quantitative estimate of drug-likeness (QED) is 0.434. The topological polar surface area (TPSA) is 95.9 Å². The lowest BCUT2D eigenvalue weighted by atomic mass is 9.83. The first-order valence-electron chi connectivity index (χ1n) is 13.2. The van der Waals surface area contributed by atoms with Crippen LogP contribution in [0.3, 0.4) is 0 Å². The summed E-state index contributed by atoms with van der Waals surface area (Å²) in [5.74, 6) is 0.670. The van der Waals surface area contributed by atoms with Gasteiger partial charge in [0.15, 0.2) is 0 Å². The molecule has 4 atom stereocenters. The summed E-state index contributed by atoms with van der Waals surface area (Å²) < 4.78 is 5.22. The van der Waals surface area contributed by atoms with Crippen molar-refractivity contribution in [1.82, 2.24) is 5.32 Å². The maximum Gasteiger partial charge on any atom is 0.407 e. The van der Waals surface area contributed by atoms with E-state index in [1.165, 1.54) is 19.3 Å². The average molecular weight is 498 g/mol. The fourth-order valence-electron chi connectivity index (χ4n) is 4.74. The number of amides is 1. The molecule has 2 aromatic carbocycles. The minimum Gasteiger partial charge on any atom is -0.481 e. The molecule has 0 aromatic heterocycles. The Morgan fingerprint density at radius 2 is 1.39 bits per heavy atom. The molecule has 198 valence electrons. The second-order valence-corrected chi connectivity index (χ2v) is 10.1. The number of ether oxygens (including phenoxy) is 1. The van der Waals surface area contributed by atoms with E-state index in [4.69, 9.17) is 14.9 Å². The zero-order valence-corrected chi connectivity index (χ0v) is 21.8. The van der Waals surface area contributed by atoms with Crippen molar-refractivity contribution < 1.29 is 24.5 Å². The molecule has 3 N–H and O–H groups in total. The highest BCUT2D eigenvalue weighted by Gasteiger charge is 2.24. The maximum atomic E-state index is 11.7. The third-order valence-electron chi connectivity index (χ3n) is 6.78. The number of hydrogen-bond acceptors (Lipinski definition) is 4. The van der Waals surface area contributed by atoms with E-state index < -0.39 is 5.97 Å². The predicted octanol–water partition coefficient (Wildman–Crippen LogP) is 6.57. The Morgan fingerprint density at radius 1 is 0.833 bits per heavy atom. The van der Waals surface area contributed by atoms with Gasteiger partial charge in [-0.15, -0.1) is 0 Å². The molecule has 0 heterocycles. The third kappa shape index (κ3) is 12.2. The van der Waals surface area contributed by atoms with Gasteiger partial charge in [0.2, 0.25) is 0 Å². The number of carboxylic acids is 1. The van der Waals surface area contributed by atoms with Crippen molar-refractivity contribution in [2.45, 2.75) is 84.5 Å². The first kappa shape index (κ1) is 29.4. The van der Waals surface area contributed by atoms with Crippen LogP contribution in [0.25, 0.3) is 0 Å². The minimum atomic E-state index is -0.605. The minimum absolute atomic E-state index is 0.0521. The average Bonchev–Trinajstić information content (AvgIpc) is 2.89. The second kappa shape index (κ2) is 16.7. The molecule has 4 rings (SSSR count). The SMILES string of the molecule is C[C@@H]1CCC[C@H](C(=O)O)C1.C[C@@H]1CCC[C@H](NC(=O)OCc2ccccc2)C1.OCc1ccccc1. The summed E-state index contributed by atoms with van der Waals surface area (Å²) >= 11 is 0. The number of aliphatic hydroxyl groups is 1. The molecule has 36 heavy (non-hydrogen) atoms. The number of alkyl carbamates (subject to hydrolysis) is 1. The molecule has 6 nitrogen and oxygen atoms in total. The molecule has 0 aliphatic heterocycles. The van der Waals surface area contributed by atoms with E-state index in [1.807, 2.05) is 60.7 Å². The van der Waals surface area contributed by atoms with E-state index in [2.05, 4.69) is 19.2 Å². The van der Waals surface area contributed by atoms with Gasteiger partial charge >= 0.3 is 12.1 Å². The Morgan fingerprint density at radius 3 is 1.86 bits per heavy atom. The molecule has 2 aliphatic rings. The first-order chi connectivity index (χ1) is 17.4.